The first-order valence-electron chi connectivity index (χ1n) is 5.36. The molecule has 0 saturated carbocycles. The van der Waals surface area contributed by atoms with E-state index < -0.39 is 5.97 Å². The predicted octanol–water partition coefficient (Wildman–Crippen LogP) is 2.69. The smallest absolute Gasteiger partial charge is 0.328 e. The predicted molar refractivity (Wildman–Crippen MR) is 67.6 cm³/mol. The van der Waals surface area contributed by atoms with Crippen LogP contribution in [0.15, 0.2) is 17.5 Å². The number of thiophene rings is 1. The van der Waals surface area contributed by atoms with Crippen molar-refractivity contribution in [2.24, 2.45) is 0 Å². The molecule has 16 heavy (non-hydrogen) atoms. The minimum absolute atomic E-state index is 0.906. The van der Waals surface area contributed by atoms with Crippen molar-refractivity contribution >= 4 is 23.4 Å². The van der Waals surface area contributed by atoms with Gasteiger partial charge in [0.15, 0.2) is 0 Å². The van der Waals surface area contributed by atoms with Gasteiger partial charge in [-0.25, -0.2) is 4.79 Å². The normalized spacial score (nSPS) is 11.4. The van der Waals surface area contributed by atoms with Gasteiger partial charge in [-0.15, -0.1) is 11.3 Å². The Morgan fingerprint density at radius 1 is 1.50 bits per heavy atom. The van der Waals surface area contributed by atoms with Crippen molar-refractivity contribution in [3.63, 3.8) is 0 Å². The van der Waals surface area contributed by atoms with Crippen molar-refractivity contribution in [3.8, 4) is 0 Å². The largest absolute Gasteiger partial charge is 0.478 e. The summed E-state index contributed by atoms with van der Waals surface area (Å²) >= 11 is 1.67. The zero-order valence-corrected chi connectivity index (χ0v) is 10.5. The Morgan fingerprint density at radius 2 is 2.19 bits per heavy atom. The molecule has 0 atom stereocenters. The molecular weight excluding hydrogens is 222 g/mol. The Labute approximate surface area is 100 Å². The third-order valence-corrected chi connectivity index (χ3v) is 3.31. The van der Waals surface area contributed by atoms with E-state index in [2.05, 4.69) is 18.7 Å². The highest BCUT2D eigenvalue weighted by Gasteiger charge is 2.03. The lowest BCUT2D eigenvalue weighted by atomic mass is 10.3. The molecule has 0 spiro atoms. The van der Waals surface area contributed by atoms with E-state index in [1.165, 1.54) is 11.0 Å². The molecule has 1 aromatic heterocycles. The fourth-order valence-electron chi connectivity index (χ4n) is 1.40. The number of carboxylic acid groups (broad SMARTS) is 1. The minimum atomic E-state index is -0.906. The van der Waals surface area contributed by atoms with Crippen LogP contribution in [0.4, 0.5) is 0 Å². The number of nitrogens with zero attached hydrogens (tertiary/aromatic N) is 1. The van der Waals surface area contributed by atoms with Gasteiger partial charge < -0.3 is 5.11 Å². The fraction of sp³-hybridized carbons (Fsp3) is 0.417. The molecule has 0 aliphatic heterocycles. The fourth-order valence-corrected chi connectivity index (χ4v) is 2.30. The Morgan fingerprint density at radius 3 is 2.75 bits per heavy atom. The Kier molecular flexibility index (Phi) is 5.22. The summed E-state index contributed by atoms with van der Waals surface area (Å²) < 4.78 is 0. The highest BCUT2D eigenvalue weighted by atomic mass is 32.1. The second-order valence-corrected chi connectivity index (χ2v) is 4.48. The highest BCUT2D eigenvalue weighted by molar-refractivity contribution is 7.10. The van der Waals surface area contributed by atoms with Gasteiger partial charge in [0.1, 0.15) is 0 Å². The molecule has 1 rings (SSSR count). The molecule has 1 heterocycles. The van der Waals surface area contributed by atoms with Crippen LogP contribution in [0.25, 0.3) is 6.08 Å². The summed E-state index contributed by atoms with van der Waals surface area (Å²) in [5.41, 5.74) is 0.967. The van der Waals surface area contributed by atoms with E-state index in [1.807, 2.05) is 11.4 Å². The Balaban J connectivity index is 2.60. The maximum atomic E-state index is 10.4. The van der Waals surface area contributed by atoms with Crippen LogP contribution in [0.3, 0.4) is 0 Å². The Hall–Kier alpha value is -1.13. The number of hydrogen-bond donors (Lipinski definition) is 1. The second kappa shape index (κ2) is 6.45. The van der Waals surface area contributed by atoms with Crippen LogP contribution < -0.4 is 0 Å². The number of carboxylic acids is 1. The van der Waals surface area contributed by atoms with Gasteiger partial charge in [-0.2, -0.15) is 0 Å². The molecule has 0 unspecified atom stereocenters. The third-order valence-electron chi connectivity index (χ3n) is 2.37. The zero-order valence-electron chi connectivity index (χ0n) is 9.64. The topological polar surface area (TPSA) is 40.5 Å². The van der Waals surface area contributed by atoms with Gasteiger partial charge in [-0.3, -0.25) is 4.90 Å². The summed E-state index contributed by atoms with van der Waals surface area (Å²) in [7, 11) is 0. The van der Waals surface area contributed by atoms with Gasteiger partial charge in [0.05, 0.1) is 0 Å². The highest BCUT2D eigenvalue weighted by Crippen LogP contribution is 2.17. The van der Waals surface area contributed by atoms with E-state index in [4.69, 9.17) is 5.11 Å². The number of hydrogen-bond acceptors (Lipinski definition) is 3. The third kappa shape index (κ3) is 4.16. The van der Waals surface area contributed by atoms with Crippen LogP contribution in [0.5, 0.6) is 0 Å². The molecule has 0 fully saturated rings. The van der Waals surface area contributed by atoms with Crippen molar-refractivity contribution in [2.75, 3.05) is 13.1 Å². The van der Waals surface area contributed by atoms with E-state index in [9.17, 15) is 4.79 Å². The van der Waals surface area contributed by atoms with Crippen LogP contribution in [-0.2, 0) is 11.3 Å². The maximum Gasteiger partial charge on any atom is 0.328 e. The number of rotatable bonds is 6. The van der Waals surface area contributed by atoms with E-state index in [-0.39, 0.29) is 0 Å². The van der Waals surface area contributed by atoms with Crippen molar-refractivity contribution in [1.29, 1.82) is 0 Å². The Bertz CT molecular complexity index is 367. The van der Waals surface area contributed by atoms with Crippen LogP contribution >= 0.6 is 11.3 Å². The molecular formula is C12H17NO2S. The average Bonchev–Trinajstić information content (AvgIpc) is 2.70. The standard InChI is InChI=1S/C12H17NO2S/c1-3-13(4-2)8-11-7-10(9-16-11)5-6-12(14)15/h5-7,9H,3-4,8H2,1-2H3,(H,14,15). The molecule has 3 nitrogen and oxygen atoms in total. The summed E-state index contributed by atoms with van der Waals surface area (Å²) in [4.78, 5) is 14.0. The van der Waals surface area contributed by atoms with Crippen LogP contribution in [0.2, 0.25) is 0 Å². The first kappa shape index (κ1) is 12.9. The first-order valence-corrected chi connectivity index (χ1v) is 6.24. The van der Waals surface area contributed by atoms with Crippen molar-refractivity contribution in [2.45, 2.75) is 20.4 Å². The molecule has 1 aromatic rings. The van der Waals surface area contributed by atoms with Gasteiger partial charge in [0.25, 0.3) is 0 Å². The molecule has 0 aliphatic carbocycles. The zero-order chi connectivity index (χ0) is 12.0. The summed E-state index contributed by atoms with van der Waals surface area (Å²) in [6, 6.07) is 2.04. The molecule has 0 saturated heterocycles. The molecule has 1 N–H and O–H groups in total. The van der Waals surface area contributed by atoms with Gasteiger partial charge in [-0.1, -0.05) is 13.8 Å². The van der Waals surface area contributed by atoms with Gasteiger partial charge in [-0.05, 0) is 36.2 Å². The quantitative estimate of drug-likeness (QED) is 0.776. The van der Waals surface area contributed by atoms with E-state index >= 15 is 0 Å². The second-order valence-electron chi connectivity index (χ2n) is 3.48. The molecule has 0 radical (unpaired) electrons. The number of carbonyl (C=O) groups is 1. The van der Waals surface area contributed by atoms with Gasteiger partial charge in [0, 0.05) is 17.5 Å². The average molecular weight is 239 g/mol. The summed E-state index contributed by atoms with van der Waals surface area (Å²) in [5, 5.41) is 10.5. The summed E-state index contributed by atoms with van der Waals surface area (Å²) in [6.45, 7) is 7.30. The number of aliphatic carboxylic acids is 1. The van der Waals surface area contributed by atoms with Crippen LogP contribution in [0.1, 0.15) is 24.3 Å². The molecule has 0 amide bonds. The van der Waals surface area contributed by atoms with E-state index in [0.29, 0.717) is 0 Å². The lowest BCUT2D eigenvalue weighted by Gasteiger charge is -2.16. The monoisotopic (exact) mass is 239 g/mol. The molecule has 0 aliphatic rings. The van der Waals surface area contributed by atoms with Crippen LogP contribution in [0, 0.1) is 0 Å². The summed E-state index contributed by atoms with van der Waals surface area (Å²) in [6.07, 6.45) is 2.80. The SMILES string of the molecule is CCN(CC)Cc1cc(C=CC(=O)O)cs1. The summed E-state index contributed by atoms with van der Waals surface area (Å²) in [5.74, 6) is -0.906. The van der Waals surface area contributed by atoms with Gasteiger partial charge >= 0.3 is 5.97 Å². The van der Waals surface area contributed by atoms with Crippen molar-refractivity contribution < 1.29 is 9.90 Å². The maximum absolute atomic E-state index is 10.4. The molecule has 4 heteroatoms. The molecule has 0 bridgehead atoms. The first-order chi connectivity index (χ1) is 7.65. The lowest BCUT2D eigenvalue weighted by molar-refractivity contribution is -0.131. The van der Waals surface area contributed by atoms with Crippen molar-refractivity contribution in [3.05, 3.63) is 28.0 Å². The van der Waals surface area contributed by atoms with Gasteiger partial charge in [0.2, 0.25) is 0 Å². The van der Waals surface area contributed by atoms with Crippen molar-refractivity contribution in [1.82, 2.24) is 4.90 Å². The van der Waals surface area contributed by atoms with Crippen LogP contribution in [-0.4, -0.2) is 29.1 Å². The van der Waals surface area contributed by atoms with E-state index in [0.717, 1.165) is 25.2 Å². The molecule has 0 aromatic carbocycles. The minimum Gasteiger partial charge on any atom is -0.478 e. The van der Waals surface area contributed by atoms with E-state index in [1.54, 1.807) is 17.4 Å². The lowest BCUT2D eigenvalue weighted by Crippen LogP contribution is -2.21. The molecule has 88 valence electrons.